The number of pyridine rings is 1. The van der Waals surface area contributed by atoms with Crippen molar-refractivity contribution in [3.05, 3.63) is 66.0 Å². The molecule has 1 aliphatic rings. The number of piperidine rings is 1. The number of likely N-dealkylation sites (tertiary alicyclic amines) is 1. The van der Waals surface area contributed by atoms with Crippen LogP contribution in [0, 0.1) is 5.92 Å². The zero-order valence-corrected chi connectivity index (χ0v) is 15.2. The van der Waals surface area contributed by atoms with Gasteiger partial charge < -0.3 is 4.90 Å². The van der Waals surface area contributed by atoms with Crippen LogP contribution in [0.3, 0.4) is 0 Å². The average Bonchev–Trinajstić information content (AvgIpc) is 2.69. The Bertz CT molecular complexity index is 733. The molecule has 1 amide bonds. The Balaban J connectivity index is 1.55. The van der Waals surface area contributed by atoms with Gasteiger partial charge in [0.1, 0.15) is 0 Å². The summed E-state index contributed by atoms with van der Waals surface area (Å²) in [6.07, 6.45) is 3.48. The molecule has 2 aromatic rings. The molecule has 1 atom stereocenters. The second kappa shape index (κ2) is 8.72. The molecule has 5 nitrogen and oxygen atoms in total. The van der Waals surface area contributed by atoms with Gasteiger partial charge in [0.05, 0.1) is 12.2 Å². The van der Waals surface area contributed by atoms with Crippen LogP contribution in [0.15, 0.2) is 54.7 Å². The van der Waals surface area contributed by atoms with Gasteiger partial charge >= 0.3 is 0 Å². The number of benzene rings is 1. The van der Waals surface area contributed by atoms with Gasteiger partial charge in [0.15, 0.2) is 5.78 Å². The molecule has 0 N–H and O–H groups in total. The maximum absolute atomic E-state index is 12.7. The normalized spacial score (nSPS) is 17.3. The number of rotatable bonds is 6. The minimum absolute atomic E-state index is 0.0778. The van der Waals surface area contributed by atoms with Crippen LogP contribution in [-0.4, -0.2) is 53.2 Å². The first kappa shape index (κ1) is 18.3. The topological polar surface area (TPSA) is 53.5 Å². The van der Waals surface area contributed by atoms with Gasteiger partial charge in [-0.2, -0.15) is 0 Å². The Morgan fingerprint density at radius 3 is 2.65 bits per heavy atom. The van der Waals surface area contributed by atoms with Crippen molar-refractivity contribution in [1.29, 1.82) is 0 Å². The summed E-state index contributed by atoms with van der Waals surface area (Å²) in [7, 11) is 1.92. The quantitative estimate of drug-likeness (QED) is 0.751. The molecule has 1 saturated heterocycles. The van der Waals surface area contributed by atoms with Crippen LogP contribution in [0.2, 0.25) is 0 Å². The van der Waals surface area contributed by atoms with Crippen molar-refractivity contribution < 1.29 is 9.59 Å². The van der Waals surface area contributed by atoms with Crippen molar-refractivity contribution in [1.82, 2.24) is 14.8 Å². The van der Waals surface area contributed by atoms with Gasteiger partial charge in [-0.1, -0.05) is 36.4 Å². The number of Topliss-reactive ketones (excluding diaryl/α,β-unsaturated/α-hetero) is 1. The first-order chi connectivity index (χ1) is 12.6. The number of likely N-dealkylation sites (N-methyl/N-ethyl adjacent to an activating group) is 1. The van der Waals surface area contributed by atoms with E-state index in [1.165, 1.54) is 0 Å². The van der Waals surface area contributed by atoms with Crippen molar-refractivity contribution in [3.8, 4) is 0 Å². The minimum Gasteiger partial charge on any atom is -0.341 e. The van der Waals surface area contributed by atoms with E-state index in [9.17, 15) is 9.59 Å². The zero-order chi connectivity index (χ0) is 18.4. The third-order valence-electron chi connectivity index (χ3n) is 4.77. The molecule has 1 unspecified atom stereocenters. The summed E-state index contributed by atoms with van der Waals surface area (Å²) in [6, 6.07) is 15.2. The van der Waals surface area contributed by atoms with E-state index >= 15 is 0 Å². The third kappa shape index (κ3) is 4.76. The predicted octanol–water partition coefficient (Wildman–Crippen LogP) is 2.63. The highest BCUT2D eigenvalue weighted by Crippen LogP contribution is 2.21. The van der Waals surface area contributed by atoms with Crippen molar-refractivity contribution >= 4 is 11.7 Å². The molecule has 1 aromatic heterocycles. The van der Waals surface area contributed by atoms with Crippen LogP contribution < -0.4 is 0 Å². The van der Waals surface area contributed by atoms with E-state index in [1.54, 1.807) is 6.20 Å². The molecule has 0 spiro atoms. The van der Waals surface area contributed by atoms with Gasteiger partial charge in [0.25, 0.3) is 0 Å². The van der Waals surface area contributed by atoms with Crippen molar-refractivity contribution in [2.45, 2.75) is 19.4 Å². The van der Waals surface area contributed by atoms with Gasteiger partial charge in [0, 0.05) is 37.3 Å². The fourth-order valence-electron chi connectivity index (χ4n) is 3.41. The van der Waals surface area contributed by atoms with E-state index in [-0.39, 0.29) is 17.6 Å². The average molecular weight is 351 g/mol. The molecule has 26 heavy (non-hydrogen) atoms. The van der Waals surface area contributed by atoms with Gasteiger partial charge in [0.2, 0.25) is 5.91 Å². The maximum atomic E-state index is 12.7. The molecule has 2 heterocycles. The molecule has 0 saturated carbocycles. The van der Waals surface area contributed by atoms with Gasteiger partial charge in [-0.15, -0.1) is 0 Å². The fraction of sp³-hybridized carbons (Fsp3) is 0.381. The molecular weight excluding hydrogens is 326 g/mol. The summed E-state index contributed by atoms with van der Waals surface area (Å²) in [5, 5.41) is 0. The second-order valence-electron chi connectivity index (χ2n) is 6.90. The zero-order valence-electron chi connectivity index (χ0n) is 15.2. The molecule has 0 aliphatic carbocycles. The molecular formula is C21H25N3O2. The van der Waals surface area contributed by atoms with Crippen molar-refractivity contribution in [2.75, 3.05) is 26.7 Å². The summed E-state index contributed by atoms with van der Waals surface area (Å²) < 4.78 is 0. The van der Waals surface area contributed by atoms with Gasteiger partial charge in [-0.05, 0) is 32.0 Å². The lowest BCUT2D eigenvalue weighted by molar-refractivity contribution is -0.133. The van der Waals surface area contributed by atoms with E-state index in [4.69, 9.17) is 0 Å². The fourth-order valence-corrected chi connectivity index (χ4v) is 3.41. The van der Waals surface area contributed by atoms with E-state index in [2.05, 4.69) is 4.98 Å². The number of nitrogens with zero attached hydrogens (tertiary/aromatic N) is 3. The SMILES string of the molecule is CN(CC(=O)N1CCCC(C(=O)c2ccccc2)C1)Cc1ccccn1. The van der Waals surface area contributed by atoms with E-state index in [1.807, 2.05) is 65.4 Å². The molecule has 0 radical (unpaired) electrons. The van der Waals surface area contributed by atoms with Gasteiger partial charge in [-0.3, -0.25) is 19.5 Å². The molecule has 136 valence electrons. The number of carbonyl (C=O) groups is 2. The van der Waals surface area contributed by atoms with Crippen LogP contribution in [-0.2, 0) is 11.3 Å². The first-order valence-corrected chi connectivity index (χ1v) is 9.09. The number of amides is 1. The Morgan fingerprint density at radius 2 is 1.92 bits per heavy atom. The third-order valence-corrected chi connectivity index (χ3v) is 4.77. The Hall–Kier alpha value is -2.53. The molecule has 1 aromatic carbocycles. The van der Waals surface area contributed by atoms with Crippen molar-refractivity contribution in [2.24, 2.45) is 5.92 Å². The summed E-state index contributed by atoms with van der Waals surface area (Å²) >= 11 is 0. The molecule has 0 bridgehead atoms. The Morgan fingerprint density at radius 1 is 1.15 bits per heavy atom. The molecule has 1 fully saturated rings. The largest absolute Gasteiger partial charge is 0.341 e. The maximum Gasteiger partial charge on any atom is 0.236 e. The summed E-state index contributed by atoms with van der Waals surface area (Å²) in [4.78, 5) is 33.4. The molecule has 3 rings (SSSR count). The highest BCUT2D eigenvalue weighted by Gasteiger charge is 2.29. The second-order valence-corrected chi connectivity index (χ2v) is 6.90. The summed E-state index contributed by atoms with van der Waals surface area (Å²) in [5.41, 5.74) is 1.68. The minimum atomic E-state index is -0.101. The van der Waals surface area contributed by atoms with E-state index < -0.39 is 0 Å². The highest BCUT2D eigenvalue weighted by molar-refractivity contribution is 5.98. The number of carbonyl (C=O) groups excluding carboxylic acids is 2. The summed E-state index contributed by atoms with van der Waals surface area (Å²) in [5.74, 6) is 0.120. The first-order valence-electron chi connectivity index (χ1n) is 9.09. The standard InChI is InChI=1S/C21H25N3O2/c1-23(15-19-11-5-6-12-22-19)16-20(25)24-13-7-10-18(14-24)21(26)17-8-3-2-4-9-17/h2-6,8-9,11-12,18H,7,10,13-16H2,1H3. The Kier molecular flexibility index (Phi) is 6.12. The Labute approximate surface area is 154 Å². The van der Waals surface area contributed by atoms with Crippen molar-refractivity contribution in [3.63, 3.8) is 0 Å². The predicted molar refractivity (Wildman–Crippen MR) is 101 cm³/mol. The molecule has 1 aliphatic heterocycles. The van der Waals surface area contributed by atoms with E-state index in [0.29, 0.717) is 19.6 Å². The smallest absolute Gasteiger partial charge is 0.236 e. The van der Waals surface area contributed by atoms with Gasteiger partial charge in [-0.25, -0.2) is 0 Å². The van der Waals surface area contributed by atoms with Crippen LogP contribution in [0.25, 0.3) is 0 Å². The number of aromatic nitrogens is 1. The lowest BCUT2D eigenvalue weighted by Crippen LogP contribution is -2.46. The number of hydrogen-bond acceptors (Lipinski definition) is 4. The van der Waals surface area contributed by atoms with Crippen LogP contribution in [0.5, 0.6) is 0 Å². The number of hydrogen-bond donors (Lipinski definition) is 0. The summed E-state index contributed by atoms with van der Waals surface area (Å²) in [6.45, 7) is 2.22. The highest BCUT2D eigenvalue weighted by atomic mass is 16.2. The van der Waals surface area contributed by atoms with Crippen LogP contribution in [0.4, 0.5) is 0 Å². The lowest BCUT2D eigenvalue weighted by atomic mass is 9.90. The monoisotopic (exact) mass is 351 g/mol. The van der Waals surface area contributed by atoms with Crippen LogP contribution >= 0.6 is 0 Å². The lowest BCUT2D eigenvalue weighted by Gasteiger charge is -2.33. The number of ketones is 1. The van der Waals surface area contributed by atoms with Crippen LogP contribution in [0.1, 0.15) is 28.9 Å². The molecule has 5 heteroatoms. The van der Waals surface area contributed by atoms with E-state index in [0.717, 1.165) is 30.6 Å².